The van der Waals surface area contributed by atoms with Gasteiger partial charge in [-0.2, -0.15) is 0 Å². The number of nitrogens with zero attached hydrogens (tertiary/aromatic N) is 1. The minimum absolute atomic E-state index is 0.0574. The molecule has 0 fully saturated rings. The number of methoxy groups -OCH3 is 1. The van der Waals surface area contributed by atoms with Crippen LogP contribution in [-0.2, 0) is 11.3 Å². The molecule has 0 atom stereocenters. The number of carbonyl (C=O) groups excluding carboxylic acids is 2. The van der Waals surface area contributed by atoms with Gasteiger partial charge in [0.1, 0.15) is 5.75 Å². The van der Waals surface area contributed by atoms with Gasteiger partial charge in [0.15, 0.2) is 5.78 Å². The van der Waals surface area contributed by atoms with Crippen LogP contribution in [-0.4, -0.2) is 29.9 Å². The van der Waals surface area contributed by atoms with Gasteiger partial charge in [-0.05, 0) is 13.0 Å². The highest BCUT2D eigenvalue weighted by molar-refractivity contribution is 5.97. The normalized spacial score (nSPS) is 10.3. The van der Waals surface area contributed by atoms with E-state index >= 15 is 0 Å². The van der Waals surface area contributed by atoms with Gasteiger partial charge in [0.2, 0.25) is 5.91 Å². The topological polar surface area (TPSA) is 77.4 Å². The lowest BCUT2D eigenvalue weighted by Crippen LogP contribution is -2.31. The van der Waals surface area contributed by atoms with E-state index < -0.39 is 0 Å². The predicted molar refractivity (Wildman–Crippen MR) is 95.0 cm³/mol. The molecule has 0 bridgehead atoms. The molecule has 6 nitrogen and oxygen atoms in total. The van der Waals surface area contributed by atoms with E-state index in [0.717, 1.165) is 5.69 Å². The van der Waals surface area contributed by atoms with Crippen LogP contribution in [0.2, 0.25) is 0 Å². The summed E-state index contributed by atoms with van der Waals surface area (Å²) in [5, 5.41) is 2.74. The predicted octanol–water partition coefficient (Wildman–Crippen LogP) is 1.94. The highest BCUT2D eigenvalue weighted by atomic mass is 16.5. The zero-order valence-corrected chi connectivity index (χ0v) is 14.5. The molecule has 2 rings (SSSR count). The molecule has 0 aliphatic heterocycles. The molecule has 1 aromatic carbocycles. The molecule has 1 N–H and O–H groups in total. The Morgan fingerprint density at radius 3 is 2.48 bits per heavy atom. The van der Waals surface area contributed by atoms with Crippen molar-refractivity contribution in [1.29, 1.82) is 0 Å². The second-order valence-corrected chi connectivity index (χ2v) is 5.67. The van der Waals surface area contributed by atoms with Crippen LogP contribution in [0.15, 0.2) is 47.3 Å². The van der Waals surface area contributed by atoms with Gasteiger partial charge in [-0.15, -0.1) is 0 Å². The number of carbonyl (C=O) groups is 2. The Balaban J connectivity index is 1.79. The molecule has 0 saturated carbocycles. The summed E-state index contributed by atoms with van der Waals surface area (Å²) in [5.41, 5.74) is 1.19. The molecule has 1 amide bonds. The van der Waals surface area contributed by atoms with Crippen molar-refractivity contribution in [2.75, 3.05) is 13.7 Å². The Labute approximate surface area is 146 Å². The van der Waals surface area contributed by atoms with E-state index in [-0.39, 0.29) is 30.1 Å². The fourth-order valence-electron chi connectivity index (χ4n) is 2.49. The lowest BCUT2D eigenvalue weighted by Gasteiger charge is -2.12. The number of hydrogen-bond acceptors (Lipinski definition) is 4. The van der Waals surface area contributed by atoms with Gasteiger partial charge in [-0.1, -0.05) is 30.3 Å². The minimum Gasteiger partial charge on any atom is -0.496 e. The maximum absolute atomic E-state index is 12.0. The van der Waals surface area contributed by atoms with E-state index in [1.165, 1.54) is 13.2 Å². The van der Waals surface area contributed by atoms with Gasteiger partial charge >= 0.3 is 0 Å². The molecule has 2 aromatic rings. The fraction of sp³-hybridized carbons (Fsp3) is 0.316. The average Bonchev–Trinajstić information content (AvgIpc) is 2.62. The summed E-state index contributed by atoms with van der Waals surface area (Å²) in [5.74, 6) is 0.253. The summed E-state index contributed by atoms with van der Waals surface area (Å²) in [7, 11) is 1.51. The zero-order chi connectivity index (χ0) is 18.2. The van der Waals surface area contributed by atoms with Gasteiger partial charge in [0, 0.05) is 43.3 Å². The number of amides is 1. The second-order valence-electron chi connectivity index (χ2n) is 5.67. The Morgan fingerprint density at radius 1 is 1.12 bits per heavy atom. The first-order valence-electron chi connectivity index (χ1n) is 8.11. The number of rotatable bonds is 8. The van der Waals surface area contributed by atoms with Crippen LogP contribution in [0.3, 0.4) is 0 Å². The summed E-state index contributed by atoms with van der Waals surface area (Å²) >= 11 is 0. The molecule has 25 heavy (non-hydrogen) atoms. The Bertz CT molecular complexity index is 797. The standard InChI is InChI=1S/C19H22N2O4/c1-14-12-16(25-2)13-19(24)21(14)11-10-20-18(23)9-8-17(22)15-6-4-3-5-7-15/h3-7,12-13H,8-11H2,1-2H3,(H,20,23). The summed E-state index contributed by atoms with van der Waals surface area (Å²) in [6.45, 7) is 2.50. The van der Waals surface area contributed by atoms with Crippen molar-refractivity contribution < 1.29 is 14.3 Å². The van der Waals surface area contributed by atoms with Crippen molar-refractivity contribution in [3.63, 3.8) is 0 Å². The van der Waals surface area contributed by atoms with E-state index in [1.54, 1.807) is 34.9 Å². The molecule has 0 radical (unpaired) electrons. The third kappa shape index (κ3) is 5.31. The van der Waals surface area contributed by atoms with E-state index in [4.69, 9.17) is 4.74 Å². The third-order valence-electron chi connectivity index (χ3n) is 3.88. The van der Waals surface area contributed by atoms with Crippen molar-refractivity contribution in [2.45, 2.75) is 26.3 Å². The Kier molecular flexibility index (Phi) is 6.51. The molecule has 0 spiro atoms. The van der Waals surface area contributed by atoms with Crippen molar-refractivity contribution in [3.8, 4) is 5.75 Å². The number of aryl methyl sites for hydroxylation is 1. The number of Topliss-reactive ketones (excluding diaryl/α,β-unsaturated/α-hetero) is 1. The van der Waals surface area contributed by atoms with Crippen LogP contribution in [0.5, 0.6) is 5.75 Å². The smallest absolute Gasteiger partial charge is 0.254 e. The number of pyridine rings is 1. The number of hydrogen-bond donors (Lipinski definition) is 1. The monoisotopic (exact) mass is 342 g/mol. The molecule has 1 heterocycles. The summed E-state index contributed by atoms with van der Waals surface area (Å²) in [6, 6.07) is 12.1. The lowest BCUT2D eigenvalue weighted by molar-refractivity contribution is -0.121. The maximum atomic E-state index is 12.0. The van der Waals surface area contributed by atoms with E-state index in [1.807, 2.05) is 13.0 Å². The first-order chi connectivity index (χ1) is 12.0. The molecular weight excluding hydrogens is 320 g/mol. The van der Waals surface area contributed by atoms with E-state index in [0.29, 0.717) is 24.4 Å². The highest BCUT2D eigenvalue weighted by Crippen LogP contribution is 2.08. The average molecular weight is 342 g/mol. The van der Waals surface area contributed by atoms with Gasteiger partial charge < -0.3 is 14.6 Å². The molecule has 0 saturated heterocycles. The molecule has 0 unspecified atom stereocenters. The van der Waals surface area contributed by atoms with Crippen molar-refractivity contribution in [2.24, 2.45) is 0 Å². The summed E-state index contributed by atoms with van der Waals surface area (Å²) < 4.78 is 6.62. The number of aromatic nitrogens is 1. The van der Waals surface area contributed by atoms with E-state index in [9.17, 15) is 14.4 Å². The van der Waals surface area contributed by atoms with Gasteiger partial charge in [0.25, 0.3) is 5.56 Å². The van der Waals surface area contributed by atoms with Crippen LogP contribution < -0.4 is 15.6 Å². The number of benzene rings is 1. The molecular formula is C19H22N2O4. The van der Waals surface area contributed by atoms with Crippen LogP contribution in [0, 0.1) is 6.92 Å². The van der Waals surface area contributed by atoms with Crippen LogP contribution in [0.4, 0.5) is 0 Å². The molecule has 132 valence electrons. The largest absolute Gasteiger partial charge is 0.496 e. The third-order valence-corrected chi connectivity index (χ3v) is 3.88. The van der Waals surface area contributed by atoms with Crippen molar-refractivity contribution in [3.05, 3.63) is 64.1 Å². The van der Waals surface area contributed by atoms with Crippen LogP contribution >= 0.6 is 0 Å². The Morgan fingerprint density at radius 2 is 1.84 bits per heavy atom. The van der Waals surface area contributed by atoms with Crippen molar-refractivity contribution >= 4 is 11.7 Å². The van der Waals surface area contributed by atoms with Gasteiger partial charge in [0.05, 0.1) is 7.11 Å². The Hall–Kier alpha value is -2.89. The van der Waals surface area contributed by atoms with Crippen LogP contribution in [0.25, 0.3) is 0 Å². The lowest BCUT2D eigenvalue weighted by atomic mass is 10.1. The molecule has 0 aliphatic rings. The second kappa shape index (κ2) is 8.82. The quantitative estimate of drug-likeness (QED) is 0.744. The molecule has 1 aromatic heterocycles. The fourth-order valence-corrected chi connectivity index (χ4v) is 2.49. The summed E-state index contributed by atoms with van der Waals surface area (Å²) in [4.78, 5) is 35.8. The highest BCUT2D eigenvalue weighted by Gasteiger charge is 2.09. The first-order valence-corrected chi connectivity index (χ1v) is 8.11. The summed E-state index contributed by atoms with van der Waals surface area (Å²) in [6.07, 6.45) is 0.293. The molecule has 0 aliphatic carbocycles. The maximum Gasteiger partial charge on any atom is 0.254 e. The van der Waals surface area contributed by atoms with Gasteiger partial charge in [-0.25, -0.2) is 0 Å². The van der Waals surface area contributed by atoms with E-state index in [2.05, 4.69) is 5.32 Å². The van der Waals surface area contributed by atoms with Crippen LogP contribution in [0.1, 0.15) is 28.9 Å². The number of nitrogens with one attached hydrogen (secondary N) is 1. The number of ketones is 1. The molecule has 6 heteroatoms. The minimum atomic E-state index is -0.205. The first kappa shape index (κ1) is 18.4. The van der Waals surface area contributed by atoms with Gasteiger partial charge in [-0.3, -0.25) is 14.4 Å². The zero-order valence-electron chi connectivity index (χ0n) is 14.5. The number of ether oxygens (including phenoxy) is 1. The van der Waals surface area contributed by atoms with Crippen molar-refractivity contribution in [1.82, 2.24) is 9.88 Å². The SMILES string of the molecule is COc1cc(C)n(CCNC(=O)CCC(=O)c2ccccc2)c(=O)c1.